The third-order valence-electron chi connectivity index (χ3n) is 2.51. The van der Waals surface area contributed by atoms with Crippen LogP contribution >= 0.6 is 0 Å². The Labute approximate surface area is 107 Å². The Kier molecular flexibility index (Phi) is 4.06. The van der Waals surface area contributed by atoms with Gasteiger partial charge in [-0.1, -0.05) is 30.3 Å². The minimum absolute atomic E-state index is 0.588. The molecule has 0 aliphatic heterocycles. The van der Waals surface area contributed by atoms with E-state index in [1.54, 1.807) is 7.05 Å². The summed E-state index contributed by atoms with van der Waals surface area (Å²) >= 11 is 0. The van der Waals surface area contributed by atoms with Gasteiger partial charge in [0.15, 0.2) is 0 Å². The fourth-order valence-corrected chi connectivity index (χ4v) is 1.64. The first kappa shape index (κ1) is 12.3. The predicted molar refractivity (Wildman–Crippen MR) is 72.7 cm³/mol. The molecular formula is C13H17N5. The Balaban J connectivity index is 1.92. The highest BCUT2D eigenvalue weighted by Gasteiger charge is 2.01. The molecule has 1 heterocycles. The molecule has 0 fully saturated rings. The maximum Gasteiger partial charge on any atom is 0.227 e. The Bertz CT molecular complexity index is 498. The maximum atomic E-state index is 4.24. The van der Waals surface area contributed by atoms with Crippen LogP contribution < -0.4 is 10.6 Å². The van der Waals surface area contributed by atoms with Crippen molar-refractivity contribution in [3.8, 4) is 0 Å². The van der Waals surface area contributed by atoms with Crippen molar-refractivity contribution in [3.05, 3.63) is 41.7 Å². The minimum atomic E-state index is 0.588. The summed E-state index contributed by atoms with van der Waals surface area (Å²) in [5.74, 6) is 1.91. The van der Waals surface area contributed by atoms with Crippen LogP contribution in [0.15, 0.2) is 30.3 Å². The standard InChI is InChI=1S/C13H17N5/c1-10-16-12(14-2)18-13(17-10)15-9-8-11-6-4-3-5-7-11/h3-7H,8-9H2,1-2H3,(H2,14,15,16,17,18). The van der Waals surface area contributed by atoms with Crippen LogP contribution in [0.1, 0.15) is 11.4 Å². The first-order valence-corrected chi connectivity index (χ1v) is 5.96. The van der Waals surface area contributed by atoms with Crippen molar-refractivity contribution in [1.29, 1.82) is 0 Å². The summed E-state index contributed by atoms with van der Waals surface area (Å²) in [6.07, 6.45) is 0.945. The van der Waals surface area contributed by atoms with Gasteiger partial charge >= 0.3 is 0 Å². The van der Waals surface area contributed by atoms with Gasteiger partial charge in [0, 0.05) is 13.6 Å². The Hall–Kier alpha value is -2.17. The van der Waals surface area contributed by atoms with E-state index in [-0.39, 0.29) is 0 Å². The number of anilines is 2. The van der Waals surface area contributed by atoms with Crippen LogP contribution in [0, 0.1) is 6.92 Å². The van der Waals surface area contributed by atoms with E-state index < -0.39 is 0 Å². The number of benzene rings is 1. The average Bonchev–Trinajstić information content (AvgIpc) is 2.39. The molecule has 5 heteroatoms. The molecule has 0 atom stereocenters. The molecule has 0 saturated carbocycles. The van der Waals surface area contributed by atoms with Gasteiger partial charge in [-0.3, -0.25) is 0 Å². The van der Waals surface area contributed by atoms with E-state index in [0.717, 1.165) is 13.0 Å². The summed E-state index contributed by atoms with van der Waals surface area (Å²) < 4.78 is 0. The Morgan fingerprint density at radius 1 is 1.00 bits per heavy atom. The van der Waals surface area contributed by atoms with E-state index in [0.29, 0.717) is 17.7 Å². The second kappa shape index (κ2) is 5.95. The van der Waals surface area contributed by atoms with Gasteiger partial charge in [-0.2, -0.15) is 15.0 Å². The first-order chi connectivity index (χ1) is 8.78. The van der Waals surface area contributed by atoms with Crippen LogP contribution in [0.5, 0.6) is 0 Å². The van der Waals surface area contributed by atoms with Crippen LogP contribution in [-0.2, 0) is 6.42 Å². The molecule has 94 valence electrons. The van der Waals surface area contributed by atoms with Gasteiger partial charge in [-0.25, -0.2) is 0 Å². The Morgan fingerprint density at radius 3 is 2.44 bits per heavy atom. The summed E-state index contributed by atoms with van der Waals surface area (Å²) in [6, 6.07) is 10.3. The molecule has 1 aromatic heterocycles. The van der Waals surface area contributed by atoms with Gasteiger partial charge in [0.2, 0.25) is 11.9 Å². The highest BCUT2D eigenvalue weighted by Crippen LogP contribution is 2.05. The van der Waals surface area contributed by atoms with E-state index in [2.05, 4.69) is 37.7 Å². The fourth-order valence-electron chi connectivity index (χ4n) is 1.64. The van der Waals surface area contributed by atoms with Crippen LogP contribution in [0.25, 0.3) is 0 Å². The molecule has 18 heavy (non-hydrogen) atoms. The second-order valence-electron chi connectivity index (χ2n) is 3.94. The highest BCUT2D eigenvalue weighted by atomic mass is 15.2. The van der Waals surface area contributed by atoms with E-state index >= 15 is 0 Å². The van der Waals surface area contributed by atoms with Crippen molar-refractivity contribution in [1.82, 2.24) is 15.0 Å². The normalized spacial score (nSPS) is 10.1. The number of aromatic nitrogens is 3. The maximum absolute atomic E-state index is 4.24. The third-order valence-corrected chi connectivity index (χ3v) is 2.51. The van der Waals surface area contributed by atoms with Crippen molar-refractivity contribution in [3.63, 3.8) is 0 Å². The van der Waals surface area contributed by atoms with Gasteiger partial charge in [-0.15, -0.1) is 0 Å². The number of nitrogens with zero attached hydrogens (tertiary/aromatic N) is 3. The average molecular weight is 243 g/mol. The largest absolute Gasteiger partial charge is 0.357 e. The lowest BCUT2D eigenvalue weighted by Crippen LogP contribution is -2.11. The van der Waals surface area contributed by atoms with E-state index in [9.17, 15) is 0 Å². The molecule has 0 aliphatic carbocycles. The number of aryl methyl sites for hydroxylation is 1. The molecule has 0 radical (unpaired) electrons. The highest BCUT2D eigenvalue weighted by molar-refractivity contribution is 5.33. The predicted octanol–water partition coefficient (Wildman–Crippen LogP) is 1.88. The molecular weight excluding hydrogens is 226 g/mol. The zero-order valence-corrected chi connectivity index (χ0v) is 10.6. The number of hydrogen-bond donors (Lipinski definition) is 2. The number of hydrogen-bond acceptors (Lipinski definition) is 5. The summed E-state index contributed by atoms with van der Waals surface area (Å²) in [4.78, 5) is 12.6. The monoisotopic (exact) mass is 243 g/mol. The summed E-state index contributed by atoms with van der Waals surface area (Å²) in [7, 11) is 1.79. The van der Waals surface area contributed by atoms with Crippen molar-refractivity contribution < 1.29 is 0 Å². The quantitative estimate of drug-likeness (QED) is 0.839. The van der Waals surface area contributed by atoms with Crippen LogP contribution in [0.3, 0.4) is 0 Å². The van der Waals surface area contributed by atoms with E-state index in [4.69, 9.17) is 0 Å². The zero-order chi connectivity index (χ0) is 12.8. The molecule has 2 N–H and O–H groups in total. The van der Waals surface area contributed by atoms with Crippen molar-refractivity contribution >= 4 is 11.9 Å². The minimum Gasteiger partial charge on any atom is -0.357 e. The van der Waals surface area contributed by atoms with E-state index in [1.807, 2.05) is 25.1 Å². The van der Waals surface area contributed by atoms with Crippen molar-refractivity contribution in [2.24, 2.45) is 0 Å². The lowest BCUT2D eigenvalue weighted by molar-refractivity contribution is 0.936. The summed E-state index contributed by atoms with van der Waals surface area (Å²) in [5.41, 5.74) is 1.30. The second-order valence-corrected chi connectivity index (χ2v) is 3.94. The van der Waals surface area contributed by atoms with Crippen molar-refractivity contribution in [2.45, 2.75) is 13.3 Å². The van der Waals surface area contributed by atoms with Gasteiger partial charge in [0.25, 0.3) is 0 Å². The van der Waals surface area contributed by atoms with Crippen LogP contribution in [0.4, 0.5) is 11.9 Å². The van der Waals surface area contributed by atoms with Crippen LogP contribution in [-0.4, -0.2) is 28.5 Å². The van der Waals surface area contributed by atoms with Crippen molar-refractivity contribution in [2.75, 3.05) is 24.2 Å². The fraction of sp³-hybridized carbons (Fsp3) is 0.308. The summed E-state index contributed by atoms with van der Waals surface area (Å²) in [5, 5.41) is 6.12. The molecule has 0 amide bonds. The SMILES string of the molecule is CNc1nc(C)nc(NCCc2ccccc2)n1. The smallest absolute Gasteiger partial charge is 0.227 e. The molecule has 0 saturated heterocycles. The van der Waals surface area contributed by atoms with Gasteiger partial charge in [-0.05, 0) is 18.9 Å². The Morgan fingerprint density at radius 2 is 1.72 bits per heavy atom. The van der Waals surface area contributed by atoms with E-state index in [1.165, 1.54) is 5.56 Å². The topological polar surface area (TPSA) is 62.7 Å². The molecule has 2 aromatic rings. The molecule has 1 aromatic carbocycles. The third kappa shape index (κ3) is 3.41. The molecule has 5 nitrogen and oxygen atoms in total. The zero-order valence-electron chi connectivity index (χ0n) is 10.6. The molecule has 2 rings (SSSR count). The lowest BCUT2D eigenvalue weighted by Gasteiger charge is -2.07. The molecule has 0 bridgehead atoms. The molecule has 0 unspecified atom stereocenters. The molecule has 0 spiro atoms. The summed E-state index contributed by atoms with van der Waals surface area (Å²) in [6.45, 7) is 2.65. The number of nitrogens with one attached hydrogen (secondary N) is 2. The number of rotatable bonds is 5. The molecule has 0 aliphatic rings. The van der Waals surface area contributed by atoms with Crippen LogP contribution in [0.2, 0.25) is 0 Å². The van der Waals surface area contributed by atoms with Gasteiger partial charge in [0.05, 0.1) is 0 Å². The lowest BCUT2D eigenvalue weighted by atomic mass is 10.1. The van der Waals surface area contributed by atoms with Gasteiger partial charge < -0.3 is 10.6 Å². The van der Waals surface area contributed by atoms with Gasteiger partial charge in [0.1, 0.15) is 5.82 Å². The first-order valence-electron chi connectivity index (χ1n) is 5.96.